The van der Waals surface area contributed by atoms with E-state index in [1.807, 2.05) is 30.3 Å². The van der Waals surface area contributed by atoms with Gasteiger partial charge in [-0.2, -0.15) is 0 Å². The van der Waals surface area contributed by atoms with Crippen LogP contribution in [-0.4, -0.2) is 32.2 Å². The Morgan fingerprint density at radius 1 is 1.20 bits per heavy atom. The number of amides is 1. The Labute approximate surface area is 146 Å². The number of aliphatic hydroxyl groups is 1. The Kier molecular flexibility index (Phi) is 5.53. The minimum atomic E-state index is -0.184. The zero-order valence-electron chi connectivity index (χ0n) is 13.7. The molecule has 128 valence electrons. The lowest BCUT2D eigenvalue weighted by Gasteiger charge is -2.19. The zero-order valence-corrected chi connectivity index (χ0v) is 13.7. The summed E-state index contributed by atoms with van der Waals surface area (Å²) in [5.41, 5.74) is 1.51. The van der Waals surface area contributed by atoms with Crippen LogP contribution in [0.5, 0.6) is 0 Å². The molecule has 3 rings (SSSR count). The number of carbonyl (C=O) groups excluding carboxylic acids is 1. The maximum absolute atomic E-state index is 12.6. The van der Waals surface area contributed by atoms with Crippen LogP contribution in [0.4, 0.5) is 0 Å². The number of benzene rings is 1. The third-order valence-corrected chi connectivity index (χ3v) is 3.94. The predicted octanol–water partition coefficient (Wildman–Crippen LogP) is 2.51. The van der Waals surface area contributed by atoms with Crippen molar-refractivity contribution in [2.75, 3.05) is 6.61 Å². The van der Waals surface area contributed by atoms with Crippen LogP contribution in [0.2, 0.25) is 0 Å². The van der Waals surface area contributed by atoms with Crippen LogP contribution in [0.15, 0.2) is 67.4 Å². The zero-order chi connectivity index (χ0) is 17.5. The molecule has 0 fully saturated rings. The molecule has 25 heavy (non-hydrogen) atoms. The summed E-state index contributed by atoms with van der Waals surface area (Å²) in [4.78, 5) is 20.8. The molecule has 0 spiro atoms. The van der Waals surface area contributed by atoms with Crippen molar-refractivity contribution in [2.45, 2.75) is 18.9 Å². The highest BCUT2D eigenvalue weighted by Crippen LogP contribution is 2.19. The number of carbonyl (C=O) groups is 1. The van der Waals surface area contributed by atoms with Crippen molar-refractivity contribution in [1.29, 1.82) is 0 Å². The fourth-order valence-electron chi connectivity index (χ4n) is 2.61. The first kappa shape index (κ1) is 16.9. The summed E-state index contributed by atoms with van der Waals surface area (Å²) in [6.07, 6.45) is 7.97. The molecular formula is C19H20N4O2. The average Bonchev–Trinajstić information content (AvgIpc) is 3.20. The highest BCUT2D eigenvalue weighted by molar-refractivity contribution is 5.94. The first-order valence-electron chi connectivity index (χ1n) is 8.19. The monoisotopic (exact) mass is 336 g/mol. The summed E-state index contributed by atoms with van der Waals surface area (Å²) in [5, 5.41) is 12.1. The number of nitrogens with zero attached hydrogens (tertiary/aromatic N) is 3. The van der Waals surface area contributed by atoms with E-state index in [9.17, 15) is 4.79 Å². The summed E-state index contributed by atoms with van der Waals surface area (Å²) < 4.78 is 1.77. The van der Waals surface area contributed by atoms with Crippen LogP contribution >= 0.6 is 0 Å². The van der Waals surface area contributed by atoms with E-state index in [0.717, 1.165) is 5.56 Å². The highest BCUT2D eigenvalue weighted by Gasteiger charge is 2.15. The molecule has 1 unspecified atom stereocenters. The lowest BCUT2D eigenvalue weighted by Crippen LogP contribution is -2.29. The van der Waals surface area contributed by atoms with Gasteiger partial charge in [0.1, 0.15) is 12.1 Å². The minimum absolute atomic E-state index is 0.0976. The second kappa shape index (κ2) is 8.21. The molecule has 0 radical (unpaired) electrons. The largest absolute Gasteiger partial charge is 0.396 e. The third-order valence-electron chi connectivity index (χ3n) is 3.94. The molecule has 2 heterocycles. The predicted molar refractivity (Wildman–Crippen MR) is 94.3 cm³/mol. The number of hydrogen-bond donors (Lipinski definition) is 2. The van der Waals surface area contributed by atoms with Gasteiger partial charge >= 0.3 is 0 Å². The molecule has 6 heteroatoms. The lowest BCUT2D eigenvalue weighted by atomic mass is 10.0. The fourth-order valence-corrected chi connectivity index (χ4v) is 2.61. The summed E-state index contributed by atoms with van der Waals surface area (Å²) in [6, 6.07) is 13.1. The second-order valence-electron chi connectivity index (χ2n) is 5.68. The maximum atomic E-state index is 12.6. The summed E-state index contributed by atoms with van der Waals surface area (Å²) in [7, 11) is 0. The molecule has 6 nitrogen and oxygen atoms in total. The van der Waals surface area contributed by atoms with E-state index in [0.29, 0.717) is 24.2 Å². The molecule has 2 aromatic heterocycles. The normalized spacial score (nSPS) is 11.9. The van der Waals surface area contributed by atoms with Gasteiger partial charge in [0.25, 0.3) is 5.91 Å². The van der Waals surface area contributed by atoms with E-state index in [1.54, 1.807) is 41.6 Å². The number of nitrogens with one attached hydrogen (secondary N) is 1. The minimum Gasteiger partial charge on any atom is -0.396 e. The molecule has 1 aromatic carbocycles. The van der Waals surface area contributed by atoms with Gasteiger partial charge in [0.15, 0.2) is 0 Å². The van der Waals surface area contributed by atoms with E-state index >= 15 is 0 Å². The number of rotatable bonds is 7. The summed E-state index contributed by atoms with van der Waals surface area (Å²) in [6.45, 7) is 0.0976. The number of pyridine rings is 1. The molecule has 0 saturated heterocycles. The molecule has 2 N–H and O–H groups in total. The number of aliphatic hydroxyl groups excluding tert-OH is 1. The van der Waals surface area contributed by atoms with E-state index in [2.05, 4.69) is 15.3 Å². The maximum Gasteiger partial charge on any atom is 0.253 e. The van der Waals surface area contributed by atoms with Gasteiger partial charge in [-0.05, 0) is 30.5 Å². The Morgan fingerprint density at radius 3 is 2.68 bits per heavy atom. The molecule has 0 saturated carbocycles. The Balaban J connectivity index is 1.72. The van der Waals surface area contributed by atoms with Crippen LogP contribution in [0.3, 0.4) is 0 Å². The Bertz CT molecular complexity index is 786. The van der Waals surface area contributed by atoms with Crippen LogP contribution in [0, 0.1) is 0 Å². The van der Waals surface area contributed by atoms with Gasteiger partial charge in [0.05, 0.1) is 11.6 Å². The van der Waals surface area contributed by atoms with Gasteiger partial charge in [-0.3, -0.25) is 9.36 Å². The quantitative estimate of drug-likeness (QED) is 0.695. The smallest absolute Gasteiger partial charge is 0.253 e. The molecule has 0 aliphatic heterocycles. The first-order valence-corrected chi connectivity index (χ1v) is 8.19. The molecule has 3 aromatic rings. The van der Waals surface area contributed by atoms with Gasteiger partial charge < -0.3 is 10.4 Å². The second-order valence-corrected chi connectivity index (χ2v) is 5.68. The van der Waals surface area contributed by atoms with Gasteiger partial charge in [-0.25, -0.2) is 9.97 Å². The standard InChI is InChI=1S/C19H20N4O2/c24-12-4-7-17(15-5-2-1-3-6-15)22-19(25)16-8-9-18(21-13-16)23-11-10-20-14-23/h1-3,5-6,8-11,13-14,17,24H,4,7,12H2,(H,22,25). The van der Waals surface area contributed by atoms with Crippen molar-refractivity contribution in [1.82, 2.24) is 19.9 Å². The number of imidazole rings is 1. The summed E-state index contributed by atoms with van der Waals surface area (Å²) in [5.74, 6) is 0.519. The van der Waals surface area contributed by atoms with Gasteiger partial charge in [-0.1, -0.05) is 30.3 Å². The van der Waals surface area contributed by atoms with Crippen molar-refractivity contribution in [2.24, 2.45) is 0 Å². The van der Waals surface area contributed by atoms with Crippen molar-refractivity contribution >= 4 is 5.91 Å². The first-order chi connectivity index (χ1) is 12.3. The molecule has 0 aliphatic carbocycles. The topological polar surface area (TPSA) is 80.0 Å². The van der Waals surface area contributed by atoms with Crippen molar-refractivity contribution in [3.63, 3.8) is 0 Å². The highest BCUT2D eigenvalue weighted by atomic mass is 16.3. The average molecular weight is 336 g/mol. The van der Waals surface area contributed by atoms with Gasteiger partial charge in [-0.15, -0.1) is 0 Å². The SMILES string of the molecule is O=C(NC(CCCO)c1ccccc1)c1ccc(-n2ccnc2)nc1. The fraction of sp³-hybridized carbons (Fsp3) is 0.211. The van der Waals surface area contributed by atoms with Crippen molar-refractivity contribution in [3.8, 4) is 5.82 Å². The summed E-state index contributed by atoms with van der Waals surface area (Å²) >= 11 is 0. The van der Waals surface area contributed by atoms with E-state index < -0.39 is 0 Å². The Morgan fingerprint density at radius 2 is 2.04 bits per heavy atom. The van der Waals surface area contributed by atoms with Crippen molar-refractivity contribution < 1.29 is 9.90 Å². The number of aromatic nitrogens is 3. The van der Waals surface area contributed by atoms with Gasteiger partial charge in [0.2, 0.25) is 0 Å². The van der Waals surface area contributed by atoms with Crippen LogP contribution < -0.4 is 5.32 Å². The van der Waals surface area contributed by atoms with Crippen LogP contribution in [-0.2, 0) is 0 Å². The van der Waals surface area contributed by atoms with E-state index in [4.69, 9.17) is 5.11 Å². The van der Waals surface area contributed by atoms with Crippen LogP contribution in [0.1, 0.15) is 34.8 Å². The lowest BCUT2D eigenvalue weighted by molar-refractivity contribution is 0.0932. The molecule has 0 bridgehead atoms. The Hall–Kier alpha value is -2.99. The van der Waals surface area contributed by atoms with E-state index in [1.165, 1.54) is 0 Å². The molecule has 0 aliphatic rings. The molecular weight excluding hydrogens is 316 g/mol. The number of hydrogen-bond acceptors (Lipinski definition) is 4. The van der Waals surface area contributed by atoms with Crippen LogP contribution in [0.25, 0.3) is 5.82 Å². The third kappa shape index (κ3) is 4.30. The van der Waals surface area contributed by atoms with Gasteiger partial charge in [0, 0.05) is 25.2 Å². The molecule has 1 amide bonds. The van der Waals surface area contributed by atoms with E-state index in [-0.39, 0.29) is 18.6 Å². The van der Waals surface area contributed by atoms with Crippen molar-refractivity contribution in [3.05, 3.63) is 78.5 Å². The molecule has 1 atom stereocenters.